The summed E-state index contributed by atoms with van der Waals surface area (Å²) in [7, 11) is 4.47. The van der Waals surface area contributed by atoms with Crippen LogP contribution in [0.25, 0.3) is 95.6 Å². The van der Waals surface area contributed by atoms with Gasteiger partial charge >= 0.3 is 0 Å². The van der Waals surface area contributed by atoms with E-state index in [9.17, 15) is 0 Å². The lowest BCUT2D eigenvalue weighted by atomic mass is 9.83. The Bertz CT molecular complexity index is 2970. The zero-order valence-electron chi connectivity index (χ0n) is 28.6. The summed E-state index contributed by atoms with van der Waals surface area (Å²) in [5.41, 5.74) is 15.3. The predicted octanol–water partition coefficient (Wildman–Crippen LogP) is 14.4. The minimum absolute atomic E-state index is 1.24. The monoisotopic (exact) mass is 698 g/mol. The summed E-state index contributed by atoms with van der Waals surface area (Å²) in [4.78, 5) is 4.82. The lowest BCUT2D eigenvalue weighted by molar-refractivity contribution is 1.19. The van der Waals surface area contributed by atoms with Gasteiger partial charge in [0.15, 0.2) is 0 Å². The lowest BCUT2D eigenvalue weighted by Crippen LogP contribution is -2.19. The summed E-state index contributed by atoms with van der Waals surface area (Å²) in [5.74, 6) is 0. The summed E-state index contributed by atoms with van der Waals surface area (Å²) < 4.78 is 5.35. The van der Waals surface area contributed by atoms with Gasteiger partial charge in [-0.2, -0.15) is 0 Å². The van der Waals surface area contributed by atoms with E-state index in [1.807, 2.05) is 22.7 Å². The Hall–Kier alpha value is -5.94. The minimum Gasteiger partial charge on any atom is -0.344 e. The van der Waals surface area contributed by atoms with Gasteiger partial charge < -0.3 is 9.80 Å². The fraction of sp³-hybridized carbons (Fsp3) is 0.0417. The molecule has 2 aliphatic rings. The molecule has 0 saturated heterocycles. The van der Waals surface area contributed by atoms with Gasteiger partial charge in [0.25, 0.3) is 0 Å². The molecule has 0 saturated carbocycles. The molecule has 2 aromatic heterocycles. The molecular formula is C48H30N2S2. The molecule has 8 aromatic carbocycles. The van der Waals surface area contributed by atoms with E-state index in [2.05, 4.69) is 169 Å². The molecule has 12 rings (SSSR count). The molecule has 10 aromatic rings. The number of rotatable bonds is 2. The van der Waals surface area contributed by atoms with Gasteiger partial charge in [-0.1, -0.05) is 97.1 Å². The van der Waals surface area contributed by atoms with Crippen molar-refractivity contribution in [2.75, 3.05) is 23.9 Å². The van der Waals surface area contributed by atoms with Crippen molar-refractivity contribution in [1.82, 2.24) is 0 Å². The van der Waals surface area contributed by atoms with Crippen LogP contribution in [0.5, 0.6) is 0 Å². The first-order valence-electron chi connectivity index (χ1n) is 17.8. The van der Waals surface area contributed by atoms with Crippen molar-refractivity contribution in [3.8, 4) is 44.5 Å². The molecule has 244 valence electrons. The fourth-order valence-electron chi connectivity index (χ4n) is 9.17. The Kier molecular flexibility index (Phi) is 5.70. The van der Waals surface area contributed by atoms with Crippen LogP contribution in [-0.4, -0.2) is 14.1 Å². The highest BCUT2D eigenvalue weighted by Crippen LogP contribution is 2.56. The molecule has 52 heavy (non-hydrogen) atoms. The van der Waals surface area contributed by atoms with E-state index in [4.69, 9.17) is 0 Å². The van der Waals surface area contributed by atoms with Crippen molar-refractivity contribution in [1.29, 1.82) is 0 Å². The van der Waals surface area contributed by atoms with Crippen LogP contribution in [0.2, 0.25) is 0 Å². The zero-order valence-corrected chi connectivity index (χ0v) is 30.2. The molecular weight excluding hydrogens is 669 g/mol. The number of nitrogens with zero attached hydrogens (tertiary/aromatic N) is 2. The lowest BCUT2D eigenvalue weighted by Gasteiger charge is -2.36. The quantitative estimate of drug-likeness (QED) is 0.177. The molecule has 0 aliphatic carbocycles. The first-order chi connectivity index (χ1) is 25.6. The third kappa shape index (κ3) is 3.73. The molecule has 0 bridgehead atoms. The van der Waals surface area contributed by atoms with Gasteiger partial charge in [-0.15, -0.1) is 22.7 Å². The second-order valence-electron chi connectivity index (χ2n) is 14.2. The molecule has 4 heterocycles. The Morgan fingerprint density at radius 3 is 1.23 bits per heavy atom. The molecule has 0 amide bonds. The van der Waals surface area contributed by atoms with Crippen LogP contribution in [-0.2, 0) is 0 Å². The number of hydrogen-bond acceptors (Lipinski definition) is 4. The largest absolute Gasteiger partial charge is 0.344 e. The highest BCUT2D eigenvalue weighted by molar-refractivity contribution is 7.26. The van der Waals surface area contributed by atoms with Gasteiger partial charge in [-0.05, 0) is 81.9 Å². The van der Waals surface area contributed by atoms with Crippen molar-refractivity contribution in [3.05, 3.63) is 146 Å². The Morgan fingerprint density at radius 2 is 0.750 bits per heavy atom. The van der Waals surface area contributed by atoms with Gasteiger partial charge in [0.05, 0.1) is 0 Å². The maximum atomic E-state index is 2.41. The van der Waals surface area contributed by atoms with E-state index < -0.39 is 0 Å². The molecule has 0 spiro atoms. The van der Waals surface area contributed by atoms with Gasteiger partial charge in [-0.25, -0.2) is 0 Å². The maximum absolute atomic E-state index is 2.41. The molecule has 0 N–H and O–H groups in total. The smallest absolute Gasteiger partial charge is 0.0496 e. The Labute approximate surface area is 309 Å². The van der Waals surface area contributed by atoms with Gasteiger partial charge in [0.2, 0.25) is 0 Å². The third-order valence-electron chi connectivity index (χ3n) is 11.6. The summed E-state index contributed by atoms with van der Waals surface area (Å²) in [6.07, 6.45) is 0. The summed E-state index contributed by atoms with van der Waals surface area (Å²) in [6, 6.07) is 54.6. The highest BCUT2D eigenvalue weighted by Gasteiger charge is 2.30. The van der Waals surface area contributed by atoms with Crippen LogP contribution < -0.4 is 9.80 Å². The van der Waals surface area contributed by atoms with Crippen LogP contribution in [0.15, 0.2) is 146 Å². The predicted molar refractivity (Wildman–Crippen MR) is 228 cm³/mol. The number of hydrogen-bond donors (Lipinski definition) is 0. The molecule has 2 nitrogen and oxygen atoms in total. The maximum Gasteiger partial charge on any atom is 0.0496 e. The van der Waals surface area contributed by atoms with Crippen molar-refractivity contribution >= 4 is 96.5 Å². The Balaban J connectivity index is 1.02. The van der Waals surface area contributed by atoms with Crippen molar-refractivity contribution in [2.24, 2.45) is 0 Å². The number of thiophene rings is 2. The number of benzene rings is 8. The summed E-state index contributed by atoms with van der Waals surface area (Å²) >= 11 is 3.76. The molecule has 0 fully saturated rings. The average molecular weight is 699 g/mol. The first kappa shape index (κ1) is 28.7. The van der Waals surface area contributed by atoms with Crippen LogP contribution in [0.3, 0.4) is 0 Å². The van der Waals surface area contributed by atoms with Gasteiger partial charge in [-0.3, -0.25) is 0 Å². The van der Waals surface area contributed by atoms with E-state index in [1.165, 1.54) is 118 Å². The second-order valence-corrected chi connectivity index (χ2v) is 16.3. The molecule has 0 atom stereocenters. The van der Waals surface area contributed by atoms with Crippen LogP contribution in [0, 0.1) is 0 Å². The standard InChI is InChI=1S/C48H30N2S2/c1-49-37-23-24-38-48-34(32-20-18-28(26-40(32)50(38)2)30-12-8-16-44-46(30)36-10-4-6-14-42(36)52-44)22-21-33(47(37)48)31-19-17-27(25-39(31)49)29-11-7-15-43-45(29)35-9-3-5-13-41(35)51-43/h3-26H,1-2H3. The normalized spacial score (nSPS) is 13.1. The third-order valence-corrected chi connectivity index (χ3v) is 13.8. The van der Waals surface area contributed by atoms with E-state index in [1.54, 1.807) is 0 Å². The SMILES string of the molecule is CN1c2cc(-c3cccc4sc5ccccc5c34)ccc2-c2ccc3c4c(ccc1c24)N(C)c1cc(-c2cccc4sc5ccccc5c24)ccc1-3. The second kappa shape index (κ2) is 10.3. The van der Waals surface area contributed by atoms with E-state index in [-0.39, 0.29) is 0 Å². The van der Waals surface area contributed by atoms with Gasteiger partial charge in [0, 0.05) is 99.1 Å². The number of anilines is 4. The van der Waals surface area contributed by atoms with E-state index in [0.29, 0.717) is 0 Å². The number of fused-ring (bicyclic) bond motifs is 10. The molecule has 0 unspecified atom stereocenters. The summed E-state index contributed by atoms with van der Waals surface area (Å²) in [5, 5.41) is 8.04. The van der Waals surface area contributed by atoms with E-state index in [0.717, 1.165) is 0 Å². The van der Waals surface area contributed by atoms with Crippen LogP contribution >= 0.6 is 22.7 Å². The van der Waals surface area contributed by atoms with E-state index >= 15 is 0 Å². The zero-order chi connectivity index (χ0) is 34.2. The van der Waals surface area contributed by atoms with Crippen molar-refractivity contribution in [2.45, 2.75) is 0 Å². The van der Waals surface area contributed by atoms with Crippen LogP contribution in [0.1, 0.15) is 0 Å². The molecule has 4 heteroatoms. The molecule has 2 aliphatic heterocycles. The Morgan fingerprint density at radius 1 is 0.327 bits per heavy atom. The average Bonchev–Trinajstić information content (AvgIpc) is 3.77. The topological polar surface area (TPSA) is 6.48 Å². The first-order valence-corrected chi connectivity index (χ1v) is 19.4. The highest BCUT2D eigenvalue weighted by atomic mass is 32.1. The van der Waals surface area contributed by atoms with Gasteiger partial charge in [0.1, 0.15) is 0 Å². The molecule has 0 radical (unpaired) electrons. The minimum atomic E-state index is 1.24. The van der Waals surface area contributed by atoms with Crippen molar-refractivity contribution in [3.63, 3.8) is 0 Å². The van der Waals surface area contributed by atoms with Crippen LogP contribution in [0.4, 0.5) is 22.7 Å². The fourth-order valence-corrected chi connectivity index (χ4v) is 11.4. The summed E-state index contributed by atoms with van der Waals surface area (Å²) in [6.45, 7) is 0. The van der Waals surface area contributed by atoms with Crippen molar-refractivity contribution < 1.29 is 0 Å².